The Hall–Kier alpha value is -5.18. The summed E-state index contributed by atoms with van der Waals surface area (Å²) in [5, 5.41) is 5.13. The molecule has 0 amide bonds. The minimum atomic E-state index is 1.13. The summed E-state index contributed by atoms with van der Waals surface area (Å²) in [5.41, 5.74) is 8.29. The fraction of sp³-hybridized carbons (Fsp3) is 0. The number of benzene rings is 7. The molecule has 0 N–H and O–H groups in total. The Morgan fingerprint density at radius 2 is 0.881 bits per heavy atom. The standard InChI is InChI=1S/C40H27NS/c1-2-8-28(9-3-1)30-14-20-34(21-15-30)41(36-24-18-29-10-4-5-11-32(29)26-36)35-22-16-31(17-23-35)33-19-25-40-38(27-33)37-12-6-7-13-39(37)42-40/h1-27H. The zero-order valence-electron chi connectivity index (χ0n) is 22.9. The smallest absolute Gasteiger partial charge is 0.0468 e. The van der Waals surface area contributed by atoms with Gasteiger partial charge in [-0.3, -0.25) is 0 Å². The quantitative estimate of drug-likeness (QED) is 0.205. The van der Waals surface area contributed by atoms with Crippen LogP contribution < -0.4 is 4.90 Å². The average molecular weight is 554 g/mol. The minimum absolute atomic E-state index is 1.13. The molecule has 1 heterocycles. The lowest BCUT2D eigenvalue weighted by molar-refractivity contribution is 1.29. The molecule has 0 bridgehead atoms. The molecule has 1 aromatic heterocycles. The van der Waals surface area contributed by atoms with Gasteiger partial charge in [-0.2, -0.15) is 0 Å². The highest BCUT2D eigenvalue weighted by molar-refractivity contribution is 7.25. The van der Waals surface area contributed by atoms with E-state index in [1.807, 2.05) is 11.3 Å². The van der Waals surface area contributed by atoms with E-state index in [0.717, 1.165) is 17.1 Å². The Morgan fingerprint density at radius 1 is 0.333 bits per heavy atom. The Morgan fingerprint density at radius 3 is 1.64 bits per heavy atom. The van der Waals surface area contributed by atoms with Gasteiger partial charge in [-0.05, 0) is 87.6 Å². The van der Waals surface area contributed by atoms with Crippen molar-refractivity contribution >= 4 is 59.3 Å². The average Bonchev–Trinajstić information content (AvgIpc) is 3.44. The molecule has 0 spiro atoms. The Labute approximate surface area is 249 Å². The molecule has 42 heavy (non-hydrogen) atoms. The Bertz CT molecular complexity index is 2180. The number of anilines is 3. The van der Waals surface area contributed by atoms with Crippen LogP contribution in [0.4, 0.5) is 17.1 Å². The summed E-state index contributed by atoms with van der Waals surface area (Å²) in [5.74, 6) is 0. The van der Waals surface area contributed by atoms with Crippen LogP contribution in [0.5, 0.6) is 0 Å². The van der Waals surface area contributed by atoms with Gasteiger partial charge in [0.05, 0.1) is 0 Å². The maximum absolute atomic E-state index is 2.35. The zero-order valence-corrected chi connectivity index (χ0v) is 23.8. The molecule has 0 aliphatic carbocycles. The van der Waals surface area contributed by atoms with Gasteiger partial charge < -0.3 is 4.90 Å². The lowest BCUT2D eigenvalue weighted by atomic mass is 10.0. The summed E-state index contributed by atoms with van der Waals surface area (Å²) in [6.07, 6.45) is 0. The van der Waals surface area contributed by atoms with Crippen molar-refractivity contribution in [2.24, 2.45) is 0 Å². The first kappa shape index (κ1) is 24.6. The van der Waals surface area contributed by atoms with Crippen molar-refractivity contribution in [3.05, 3.63) is 164 Å². The molecule has 2 heteroatoms. The third kappa shape index (κ3) is 4.43. The molecule has 0 unspecified atom stereocenters. The van der Waals surface area contributed by atoms with Gasteiger partial charge in [0, 0.05) is 37.2 Å². The number of fused-ring (bicyclic) bond motifs is 4. The van der Waals surface area contributed by atoms with Gasteiger partial charge in [-0.25, -0.2) is 0 Å². The van der Waals surface area contributed by atoms with Crippen LogP contribution in [0.25, 0.3) is 53.2 Å². The van der Waals surface area contributed by atoms with E-state index in [1.54, 1.807) is 0 Å². The molecule has 198 valence electrons. The normalized spacial score (nSPS) is 11.3. The third-order valence-electron chi connectivity index (χ3n) is 8.06. The van der Waals surface area contributed by atoms with E-state index < -0.39 is 0 Å². The first-order valence-corrected chi connectivity index (χ1v) is 15.1. The largest absolute Gasteiger partial charge is 0.310 e. The van der Waals surface area contributed by atoms with Crippen LogP contribution in [-0.4, -0.2) is 0 Å². The number of thiophene rings is 1. The van der Waals surface area contributed by atoms with Crippen molar-refractivity contribution < 1.29 is 0 Å². The SMILES string of the molecule is c1ccc(-c2ccc(N(c3ccc(-c4ccc5sc6ccccc6c5c4)cc3)c3ccc4ccccc4c3)cc2)cc1. The highest BCUT2D eigenvalue weighted by Gasteiger charge is 2.14. The second kappa shape index (κ2) is 10.3. The van der Waals surface area contributed by atoms with Gasteiger partial charge in [-0.1, -0.05) is 109 Å². The van der Waals surface area contributed by atoms with Crippen LogP contribution in [0, 0.1) is 0 Å². The van der Waals surface area contributed by atoms with Crippen LogP contribution >= 0.6 is 11.3 Å². The summed E-state index contributed by atoms with van der Waals surface area (Å²) in [4.78, 5) is 2.35. The zero-order chi connectivity index (χ0) is 27.9. The van der Waals surface area contributed by atoms with Gasteiger partial charge in [0.1, 0.15) is 0 Å². The molecule has 1 nitrogen and oxygen atoms in total. The van der Waals surface area contributed by atoms with Crippen LogP contribution in [0.15, 0.2) is 164 Å². The van der Waals surface area contributed by atoms with E-state index in [4.69, 9.17) is 0 Å². The molecule has 0 aliphatic heterocycles. The molecule has 0 radical (unpaired) electrons. The van der Waals surface area contributed by atoms with Crippen LogP contribution in [0.2, 0.25) is 0 Å². The van der Waals surface area contributed by atoms with Crippen molar-refractivity contribution in [1.29, 1.82) is 0 Å². The summed E-state index contributed by atoms with van der Waals surface area (Å²) in [6, 6.07) is 59.2. The number of hydrogen-bond acceptors (Lipinski definition) is 2. The fourth-order valence-electron chi connectivity index (χ4n) is 5.91. The van der Waals surface area contributed by atoms with Gasteiger partial charge in [-0.15, -0.1) is 11.3 Å². The van der Waals surface area contributed by atoms with E-state index in [1.165, 1.54) is 53.2 Å². The molecule has 0 atom stereocenters. The predicted molar refractivity (Wildman–Crippen MR) is 182 cm³/mol. The lowest BCUT2D eigenvalue weighted by Crippen LogP contribution is -2.09. The van der Waals surface area contributed by atoms with E-state index in [0.29, 0.717) is 0 Å². The van der Waals surface area contributed by atoms with Crippen molar-refractivity contribution in [3.8, 4) is 22.3 Å². The third-order valence-corrected chi connectivity index (χ3v) is 9.21. The summed E-state index contributed by atoms with van der Waals surface area (Å²) < 4.78 is 2.67. The van der Waals surface area contributed by atoms with Crippen molar-refractivity contribution in [2.45, 2.75) is 0 Å². The maximum Gasteiger partial charge on any atom is 0.0468 e. The molecule has 0 fully saturated rings. The maximum atomic E-state index is 2.35. The molecule has 0 saturated heterocycles. The molecule has 7 aromatic carbocycles. The van der Waals surface area contributed by atoms with Crippen molar-refractivity contribution in [1.82, 2.24) is 0 Å². The number of nitrogens with zero attached hydrogens (tertiary/aromatic N) is 1. The Kier molecular flexibility index (Phi) is 6.05. The second-order valence-electron chi connectivity index (χ2n) is 10.6. The Balaban J connectivity index is 1.20. The summed E-state index contributed by atoms with van der Waals surface area (Å²) in [6.45, 7) is 0. The molecule has 8 aromatic rings. The van der Waals surface area contributed by atoms with E-state index in [2.05, 4.69) is 169 Å². The number of hydrogen-bond donors (Lipinski definition) is 0. The molecule has 8 rings (SSSR count). The fourth-order valence-corrected chi connectivity index (χ4v) is 6.99. The molecule has 0 saturated carbocycles. The summed E-state index contributed by atoms with van der Waals surface area (Å²) in [7, 11) is 0. The number of rotatable bonds is 5. The minimum Gasteiger partial charge on any atom is -0.310 e. The van der Waals surface area contributed by atoms with E-state index >= 15 is 0 Å². The second-order valence-corrected chi connectivity index (χ2v) is 11.7. The first-order valence-electron chi connectivity index (χ1n) is 14.3. The summed E-state index contributed by atoms with van der Waals surface area (Å²) >= 11 is 1.86. The van der Waals surface area contributed by atoms with Crippen LogP contribution in [-0.2, 0) is 0 Å². The van der Waals surface area contributed by atoms with Crippen LogP contribution in [0.3, 0.4) is 0 Å². The lowest BCUT2D eigenvalue weighted by Gasteiger charge is -2.26. The van der Waals surface area contributed by atoms with Gasteiger partial charge in [0.25, 0.3) is 0 Å². The highest BCUT2D eigenvalue weighted by atomic mass is 32.1. The molecule has 0 aliphatic rings. The predicted octanol–water partition coefficient (Wildman–Crippen LogP) is 12.0. The van der Waals surface area contributed by atoms with Crippen molar-refractivity contribution in [3.63, 3.8) is 0 Å². The van der Waals surface area contributed by atoms with Gasteiger partial charge >= 0.3 is 0 Å². The van der Waals surface area contributed by atoms with E-state index in [9.17, 15) is 0 Å². The van der Waals surface area contributed by atoms with Gasteiger partial charge in [0.15, 0.2) is 0 Å². The van der Waals surface area contributed by atoms with E-state index in [-0.39, 0.29) is 0 Å². The van der Waals surface area contributed by atoms with Gasteiger partial charge in [0.2, 0.25) is 0 Å². The monoisotopic (exact) mass is 553 g/mol. The molecular formula is C40H27NS. The first-order chi connectivity index (χ1) is 20.8. The molecular weight excluding hydrogens is 527 g/mol. The topological polar surface area (TPSA) is 3.24 Å². The highest BCUT2D eigenvalue weighted by Crippen LogP contribution is 2.39. The van der Waals surface area contributed by atoms with Crippen LogP contribution in [0.1, 0.15) is 0 Å². The van der Waals surface area contributed by atoms with Crippen molar-refractivity contribution in [2.75, 3.05) is 4.90 Å².